The molecule has 0 fully saturated rings. The van der Waals surface area contributed by atoms with Crippen molar-refractivity contribution in [2.24, 2.45) is 9.98 Å². The molecule has 0 bridgehead atoms. The van der Waals surface area contributed by atoms with Crippen LogP contribution in [0.5, 0.6) is 0 Å². The van der Waals surface area contributed by atoms with Crippen molar-refractivity contribution in [2.45, 2.75) is 45.2 Å². The Morgan fingerprint density at radius 1 is 1.14 bits per heavy atom. The third kappa shape index (κ3) is 4.01. The first-order chi connectivity index (χ1) is 6.77. The Balaban J connectivity index is 1.99. The molecular weight excluding hydrogens is 174 g/mol. The quantitative estimate of drug-likeness (QED) is 0.620. The third-order valence-electron chi connectivity index (χ3n) is 2.48. The predicted octanol–water partition coefficient (Wildman–Crippen LogP) is 2.03. The lowest BCUT2D eigenvalue weighted by Crippen LogP contribution is -2.21. The first-order valence-corrected chi connectivity index (χ1v) is 5.56. The monoisotopic (exact) mass is 195 g/mol. The maximum Gasteiger partial charge on any atom is 0.147 e. The molecule has 0 radical (unpaired) electrons. The molecule has 0 saturated carbocycles. The van der Waals surface area contributed by atoms with E-state index in [1.165, 1.54) is 12.8 Å². The van der Waals surface area contributed by atoms with Crippen LogP contribution >= 0.6 is 0 Å². The number of aliphatic imine (C=N–C) groups is 2. The molecule has 0 spiro atoms. The second kappa shape index (κ2) is 5.91. The summed E-state index contributed by atoms with van der Waals surface area (Å²) >= 11 is 0. The fourth-order valence-corrected chi connectivity index (χ4v) is 1.53. The molecule has 80 valence electrons. The number of hydrogen-bond acceptors (Lipinski definition) is 3. The van der Waals surface area contributed by atoms with Crippen molar-refractivity contribution in [3.8, 4) is 0 Å². The number of nitrogens with zero attached hydrogens (tertiary/aromatic N) is 2. The van der Waals surface area contributed by atoms with Crippen LogP contribution in [-0.4, -0.2) is 31.2 Å². The Kier molecular flexibility index (Phi) is 4.80. The minimum Gasteiger partial charge on any atom is -0.317 e. The molecule has 1 heterocycles. The van der Waals surface area contributed by atoms with Gasteiger partial charge in [-0.1, -0.05) is 13.3 Å². The lowest BCUT2D eigenvalue weighted by molar-refractivity contribution is 0.441. The van der Waals surface area contributed by atoms with E-state index >= 15 is 0 Å². The van der Waals surface area contributed by atoms with E-state index in [4.69, 9.17) is 0 Å². The van der Waals surface area contributed by atoms with E-state index < -0.39 is 0 Å². The molecule has 0 aromatic rings. The second-order valence-corrected chi connectivity index (χ2v) is 3.98. The predicted molar refractivity (Wildman–Crippen MR) is 62.4 cm³/mol. The van der Waals surface area contributed by atoms with Crippen LogP contribution in [0.4, 0.5) is 0 Å². The highest BCUT2D eigenvalue weighted by Crippen LogP contribution is 2.20. The lowest BCUT2D eigenvalue weighted by Gasteiger charge is -2.16. The fourth-order valence-electron chi connectivity index (χ4n) is 1.53. The van der Waals surface area contributed by atoms with Gasteiger partial charge in [-0.25, -0.2) is 0 Å². The zero-order valence-electron chi connectivity index (χ0n) is 9.29. The molecule has 1 rings (SSSR count). The van der Waals surface area contributed by atoms with Crippen molar-refractivity contribution in [2.75, 3.05) is 13.1 Å². The van der Waals surface area contributed by atoms with E-state index in [1.54, 1.807) is 12.4 Å². The summed E-state index contributed by atoms with van der Waals surface area (Å²) in [6.07, 6.45) is 8.32. The molecular formula is C11H21N3. The summed E-state index contributed by atoms with van der Waals surface area (Å²) in [6.45, 7) is 6.52. The molecule has 1 N–H and O–H groups in total. The van der Waals surface area contributed by atoms with E-state index in [2.05, 4.69) is 29.1 Å². The van der Waals surface area contributed by atoms with Gasteiger partial charge in [-0.05, 0) is 39.3 Å². The Labute approximate surface area is 86.7 Å². The Hall–Kier alpha value is -0.700. The average molecular weight is 195 g/mol. The normalized spacial score (nSPS) is 17.9. The first kappa shape index (κ1) is 11.4. The summed E-state index contributed by atoms with van der Waals surface area (Å²) in [5, 5.41) is 3.42. The summed E-state index contributed by atoms with van der Waals surface area (Å²) in [5.74, 6) is 0. The van der Waals surface area contributed by atoms with Crippen molar-refractivity contribution in [3.63, 3.8) is 0 Å². The van der Waals surface area contributed by atoms with Gasteiger partial charge in [-0.2, -0.15) is 0 Å². The molecule has 1 aliphatic rings. The van der Waals surface area contributed by atoms with Gasteiger partial charge in [0, 0.05) is 12.4 Å². The topological polar surface area (TPSA) is 36.8 Å². The Morgan fingerprint density at radius 2 is 1.79 bits per heavy atom. The van der Waals surface area contributed by atoms with Crippen molar-refractivity contribution < 1.29 is 0 Å². The highest BCUT2D eigenvalue weighted by Gasteiger charge is 2.21. The van der Waals surface area contributed by atoms with Crippen molar-refractivity contribution in [1.29, 1.82) is 0 Å². The average Bonchev–Trinajstić information content (AvgIpc) is 2.59. The van der Waals surface area contributed by atoms with Gasteiger partial charge in [0.1, 0.15) is 5.66 Å². The standard InChI is InChI=1S/C11H21N3/c1-3-4-7-12-8-5-6-11(2)13-9-10-14-11/h9-10,12H,3-8H2,1-2H3. The highest BCUT2D eigenvalue weighted by molar-refractivity contribution is 6.17. The van der Waals surface area contributed by atoms with Crippen LogP contribution in [0, 0.1) is 0 Å². The van der Waals surface area contributed by atoms with Gasteiger partial charge in [0.25, 0.3) is 0 Å². The van der Waals surface area contributed by atoms with Gasteiger partial charge in [0.2, 0.25) is 0 Å². The van der Waals surface area contributed by atoms with Gasteiger partial charge in [0.05, 0.1) is 0 Å². The SMILES string of the molecule is CCCCNCCCC1(C)N=CC=N1. The number of nitrogens with one attached hydrogen (secondary N) is 1. The molecule has 1 aliphatic heterocycles. The molecule has 0 aromatic heterocycles. The number of rotatable bonds is 7. The summed E-state index contributed by atoms with van der Waals surface area (Å²) in [4.78, 5) is 8.65. The lowest BCUT2D eigenvalue weighted by atomic mass is 10.1. The summed E-state index contributed by atoms with van der Waals surface area (Å²) in [7, 11) is 0. The number of unbranched alkanes of at least 4 members (excludes halogenated alkanes) is 1. The van der Waals surface area contributed by atoms with Crippen molar-refractivity contribution in [1.82, 2.24) is 5.32 Å². The molecule has 0 aromatic carbocycles. The maximum absolute atomic E-state index is 4.33. The summed E-state index contributed by atoms with van der Waals surface area (Å²) in [5.41, 5.74) is -0.160. The van der Waals surface area contributed by atoms with Crippen molar-refractivity contribution >= 4 is 12.4 Å². The van der Waals surface area contributed by atoms with Gasteiger partial charge in [0.15, 0.2) is 0 Å². The zero-order chi connectivity index (χ0) is 10.3. The molecule has 0 amide bonds. The zero-order valence-corrected chi connectivity index (χ0v) is 9.29. The van der Waals surface area contributed by atoms with E-state index in [1.807, 2.05) is 0 Å². The van der Waals surface area contributed by atoms with Crippen LogP contribution in [0.1, 0.15) is 39.5 Å². The van der Waals surface area contributed by atoms with Crippen LogP contribution in [0.25, 0.3) is 0 Å². The Bertz CT molecular complexity index is 197. The van der Waals surface area contributed by atoms with Crippen LogP contribution in [0.3, 0.4) is 0 Å². The van der Waals surface area contributed by atoms with Crippen LogP contribution in [-0.2, 0) is 0 Å². The van der Waals surface area contributed by atoms with Crippen LogP contribution in [0.2, 0.25) is 0 Å². The van der Waals surface area contributed by atoms with Gasteiger partial charge in [-0.3, -0.25) is 9.98 Å². The first-order valence-electron chi connectivity index (χ1n) is 5.56. The molecule has 0 atom stereocenters. The van der Waals surface area contributed by atoms with E-state index in [-0.39, 0.29) is 5.66 Å². The van der Waals surface area contributed by atoms with E-state index in [0.717, 1.165) is 25.9 Å². The minimum absolute atomic E-state index is 0.160. The molecule has 3 heteroatoms. The second-order valence-electron chi connectivity index (χ2n) is 3.98. The summed E-state index contributed by atoms with van der Waals surface area (Å²) < 4.78 is 0. The summed E-state index contributed by atoms with van der Waals surface area (Å²) in [6, 6.07) is 0. The largest absolute Gasteiger partial charge is 0.317 e. The molecule has 0 saturated heterocycles. The van der Waals surface area contributed by atoms with Gasteiger partial charge in [-0.15, -0.1) is 0 Å². The molecule has 0 aliphatic carbocycles. The van der Waals surface area contributed by atoms with Gasteiger partial charge < -0.3 is 5.32 Å². The van der Waals surface area contributed by atoms with Crippen molar-refractivity contribution in [3.05, 3.63) is 0 Å². The number of hydrogen-bond donors (Lipinski definition) is 1. The maximum atomic E-state index is 4.33. The smallest absolute Gasteiger partial charge is 0.147 e. The van der Waals surface area contributed by atoms with Gasteiger partial charge >= 0.3 is 0 Å². The van der Waals surface area contributed by atoms with Crippen LogP contribution in [0.15, 0.2) is 9.98 Å². The molecule has 14 heavy (non-hydrogen) atoms. The van der Waals surface area contributed by atoms with E-state index in [9.17, 15) is 0 Å². The van der Waals surface area contributed by atoms with Crippen LogP contribution < -0.4 is 5.32 Å². The third-order valence-corrected chi connectivity index (χ3v) is 2.48. The molecule has 0 unspecified atom stereocenters. The molecule has 3 nitrogen and oxygen atoms in total. The Morgan fingerprint density at radius 3 is 2.43 bits per heavy atom. The minimum atomic E-state index is -0.160. The van der Waals surface area contributed by atoms with E-state index in [0.29, 0.717) is 0 Å². The highest BCUT2D eigenvalue weighted by atomic mass is 15.1. The fraction of sp³-hybridized carbons (Fsp3) is 0.818.